The van der Waals surface area contributed by atoms with Crippen LogP contribution in [-0.4, -0.2) is 42.2 Å². The Bertz CT molecular complexity index is 425. The molecule has 1 aromatic heterocycles. The summed E-state index contributed by atoms with van der Waals surface area (Å²) >= 11 is 0. The summed E-state index contributed by atoms with van der Waals surface area (Å²) in [6.45, 7) is 1.99. The van der Waals surface area contributed by atoms with Crippen molar-refractivity contribution in [3.05, 3.63) is 18.1 Å². The standard InChI is InChI=1S/C13H22N6/c1-19(7-11-2-3-17-18-11)13-6-12(15-8-16-13)9-4-10(14)5-9/h6,8-11,17-18H,2-5,7,14H2,1H3. The highest BCUT2D eigenvalue weighted by atomic mass is 15.4. The topological polar surface area (TPSA) is 79.1 Å². The van der Waals surface area contributed by atoms with Crippen LogP contribution in [0.3, 0.4) is 0 Å². The van der Waals surface area contributed by atoms with Gasteiger partial charge in [-0.05, 0) is 19.3 Å². The Morgan fingerprint density at radius 3 is 2.95 bits per heavy atom. The maximum Gasteiger partial charge on any atom is 0.131 e. The average molecular weight is 262 g/mol. The van der Waals surface area contributed by atoms with Gasteiger partial charge in [0, 0.05) is 49.9 Å². The van der Waals surface area contributed by atoms with Crippen molar-refractivity contribution in [2.24, 2.45) is 5.73 Å². The van der Waals surface area contributed by atoms with E-state index in [9.17, 15) is 0 Å². The van der Waals surface area contributed by atoms with Gasteiger partial charge in [-0.1, -0.05) is 0 Å². The van der Waals surface area contributed by atoms with E-state index in [-0.39, 0.29) is 0 Å². The van der Waals surface area contributed by atoms with Crippen LogP contribution in [-0.2, 0) is 0 Å². The van der Waals surface area contributed by atoms with Crippen LogP contribution in [0.15, 0.2) is 12.4 Å². The van der Waals surface area contributed by atoms with Crippen molar-refractivity contribution in [3.8, 4) is 0 Å². The number of hydrogen-bond donors (Lipinski definition) is 3. The van der Waals surface area contributed by atoms with E-state index in [1.165, 1.54) is 0 Å². The first-order valence-electron chi connectivity index (χ1n) is 6.99. The van der Waals surface area contributed by atoms with Gasteiger partial charge in [0.05, 0.1) is 0 Å². The molecule has 1 aromatic rings. The van der Waals surface area contributed by atoms with Gasteiger partial charge in [0.15, 0.2) is 0 Å². The molecule has 19 heavy (non-hydrogen) atoms. The van der Waals surface area contributed by atoms with E-state index in [0.29, 0.717) is 18.0 Å². The molecule has 1 saturated heterocycles. The highest BCUT2D eigenvalue weighted by molar-refractivity contribution is 5.39. The van der Waals surface area contributed by atoms with Crippen molar-refractivity contribution in [1.29, 1.82) is 0 Å². The van der Waals surface area contributed by atoms with Gasteiger partial charge in [0.1, 0.15) is 12.1 Å². The monoisotopic (exact) mass is 262 g/mol. The van der Waals surface area contributed by atoms with Crippen molar-refractivity contribution in [3.63, 3.8) is 0 Å². The van der Waals surface area contributed by atoms with Crippen LogP contribution in [0.2, 0.25) is 0 Å². The zero-order valence-electron chi connectivity index (χ0n) is 11.3. The minimum Gasteiger partial charge on any atom is -0.358 e. The molecule has 1 aliphatic carbocycles. The number of anilines is 1. The van der Waals surface area contributed by atoms with Crippen LogP contribution in [0, 0.1) is 0 Å². The first kappa shape index (κ1) is 12.8. The number of likely N-dealkylation sites (N-methyl/N-ethyl adjacent to an activating group) is 1. The maximum atomic E-state index is 5.84. The minimum absolute atomic E-state index is 0.356. The Labute approximate surface area is 113 Å². The Morgan fingerprint density at radius 1 is 1.42 bits per heavy atom. The van der Waals surface area contributed by atoms with Gasteiger partial charge < -0.3 is 10.6 Å². The molecule has 0 radical (unpaired) electrons. The Morgan fingerprint density at radius 2 is 2.26 bits per heavy atom. The van der Waals surface area contributed by atoms with Gasteiger partial charge in [0.2, 0.25) is 0 Å². The molecule has 1 aliphatic heterocycles. The second-order valence-electron chi connectivity index (χ2n) is 5.67. The molecule has 0 amide bonds. The van der Waals surface area contributed by atoms with Crippen LogP contribution < -0.4 is 21.5 Å². The molecule has 2 aliphatic rings. The van der Waals surface area contributed by atoms with Crippen LogP contribution in [0.5, 0.6) is 0 Å². The first-order chi connectivity index (χ1) is 9.22. The predicted octanol–water partition coefficient (Wildman–Crippen LogP) is -0.0160. The van der Waals surface area contributed by atoms with Gasteiger partial charge >= 0.3 is 0 Å². The molecule has 2 fully saturated rings. The average Bonchev–Trinajstić information content (AvgIpc) is 2.88. The van der Waals surface area contributed by atoms with E-state index in [2.05, 4.69) is 38.8 Å². The van der Waals surface area contributed by atoms with E-state index in [1.54, 1.807) is 6.33 Å². The Balaban J connectivity index is 1.64. The van der Waals surface area contributed by atoms with Gasteiger partial charge in [0.25, 0.3) is 0 Å². The third-order valence-corrected chi connectivity index (χ3v) is 4.08. The summed E-state index contributed by atoms with van der Waals surface area (Å²) in [4.78, 5) is 11.0. The summed E-state index contributed by atoms with van der Waals surface area (Å²) in [6.07, 6.45) is 4.92. The summed E-state index contributed by atoms with van der Waals surface area (Å²) in [5.41, 5.74) is 13.4. The van der Waals surface area contributed by atoms with Crippen molar-refractivity contribution >= 4 is 5.82 Å². The largest absolute Gasteiger partial charge is 0.358 e. The molecular formula is C13H22N6. The smallest absolute Gasteiger partial charge is 0.131 e. The molecule has 0 bridgehead atoms. The highest BCUT2D eigenvalue weighted by Gasteiger charge is 2.29. The number of hydrazine groups is 1. The molecule has 6 nitrogen and oxygen atoms in total. The lowest BCUT2D eigenvalue weighted by molar-refractivity contribution is 0.345. The fraction of sp³-hybridized carbons (Fsp3) is 0.692. The predicted molar refractivity (Wildman–Crippen MR) is 74.8 cm³/mol. The number of aromatic nitrogens is 2. The van der Waals surface area contributed by atoms with E-state index in [0.717, 1.165) is 43.9 Å². The summed E-state index contributed by atoms with van der Waals surface area (Å²) in [5, 5.41) is 0. The fourth-order valence-corrected chi connectivity index (χ4v) is 2.79. The second-order valence-corrected chi connectivity index (χ2v) is 5.67. The molecule has 4 N–H and O–H groups in total. The normalized spacial score (nSPS) is 30.1. The molecule has 3 rings (SSSR count). The SMILES string of the molecule is CN(CC1CCNN1)c1cc(C2CC(N)C2)ncn1. The summed E-state index contributed by atoms with van der Waals surface area (Å²) in [6, 6.07) is 2.95. The summed E-state index contributed by atoms with van der Waals surface area (Å²) in [5.74, 6) is 1.52. The molecule has 1 atom stereocenters. The molecule has 1 unspecified atom stereocenters. The van der Waals surface area contributed by atoms with Crippen LogP contribution >= 0.6 is 0 Å². The highest BCUT2D eigenvalue weighted by Crippen LogP contribution is 2.35. The number of nitrogens with one attached hydrogen (secondary N) is 2. The lowest BCUT2D eigenvalue weighted by atomic mass is 9.78. The number of rotatable bonds is 4. The zero-order valence-corrected chi connectivity index (χ0v) is 11.3. The summed E-state index contributed by atoms with van der Waals surface area (Å²) in [7, 11) is 2.08. The molecule has 1 saturated carbocycles. The van der Waals surface area contributed by atoms with E-state index < -0.39 is 0 Å². The zero-order chi connectivity index (χ0) is 13.2. The number of hydrogen-bond acceptors (Lipinski definition) is 6. The van der Waals surface area contributed by atoms with E-state index in [4.69, 9.17) is 5.73 Å². The molecule has 6 heteroatoms. The fourth-order valence-electron chi connectivity index (χ4n) is 2.79. The summed E-state index contributed by atoms with van der Waals surface area (Å²) < 4.78 is 0. The lowest BCUT2D eigenvalue weighted by Gasteiger charge is -2.32. The van der Waals surface area contributed by atoms with Crippen LogP contribution in [0.25, 0.3) is 0 Å². The van der Waals surface area contributed by atoms with Crippen LogP contribution in [0.1, 0.15) is 30.9 Å². The van der Waals surface area contributed by atoms with Gasteiger partial charge in [-0.3, -0.25) is 10.9 Å². The van der Waals surface area contributed by atoms with Crippen molar-refractivity contribution in [1.82, 2.24) is 20.8 Å². The number of nitrogens with two attached hydrogens (primary N) is 1. The van der Waals surface area contributed by atoms with Crippen molar-refractivity contribution < 1.29 is 0 Å². The first-order valence-corrected chi connectivity index (χ1v) is 6.99. The number of nitrogens with zero attached hydrogens (tertiary/aromatic N) is 3. The van der Waals surface area contributed by atoms with Crippen LogP contribution in [0.4, 0.5) is 5.82 Å². The quantitative estimate of drug-likeness (QED) is 0.708. The molecule has 0 aromatic carbocycles. The van der Waals surface area contributed by atoms with Gasteiger partial charge in [-0.15, -0.1) is 0 Å². The van der Waals surface area contributed by atoms with E-state index >= 15 is 0 Å². The van der Waals surface area contributed by atoms with Gasteiger partial charge in [-0.2, -0.15) is 0 Å². The third-order valence-electron chi connectivity index (χ3n) is 4.08. The molecule has 2 heterocycles. The molecule has 0 spiro atoms. The maximum absolute atomic E-state index is 5.84. The molecular weight excluding hydrogens is 240 g/mol. The van der Waals surface area contributed by atoms with E-state index in [1.807, 2.05) is 0 Å². The Kier molecular flexibility index (Phi) is 3.63. The lowest BCUT2D eigenvalue weighted by Crippen LogP contribution is -2.39. The molecule has 104 valence electrons. The minimum atomic E-state index is 0.356. The third kappa shape index (κ3) is 2.86. The van der Waals surface area contributed by atoms with Crippen molar-refractivity contribution in [2.45, 2.75) is 37.3 Å². The second kappa shape index (κ2) is 5.40. The Hall–Kier alpha value is -1.24. The van der Waals surface area contributed by atoms with Crippen molar-refractivity contribution in [2.75, 3.05) is 25.0 Å². The van der Waals surface area contributed by atoms with Gasteiger partial charge in [-0.25, -0.2) is 9.97 Å².